The van der Waals surface area contributed by atoms with Crippen LogP contribution >= 0.6 is 27.5 Å². The average molecular weight is 240 g/mol. The molecule has 0 saturated carbocycles. The Morgan fingerprint density at radius 1 is 1.91 bits per heavy atom. The van der Waals surface area contributed by atoms with E-state index >= 15 is 0 Å². The maximum Gasteiger partial charge on any atom is 0.154 e. The van der Waals surface area contributed by atoms with E-state index in [-0.39, 0.29) is 16.5 Å². The maximum atomic E-state index is 7.02. The van der Waals surface area contributed by atoms with E-state index in [2.05, 4.69) is 26.2 Å². The molecule has 3 nitrogen and oxygen atoms in total. The van der Waals surface area contributed by atoms with Gasteiger partial charge in [0.15, 0.2) is 5.15 Å². The fourth-order valence-electron chi connectivity index (χ4n) is 0.606. The van der Waals surface area contributed by atoms with E-state index < -0.39 is 6.98 Å². The van der Waals surface area contributed by atoms with Crippen molar-refractivity contribution in [1.82, 2.24) is 4.98 Å². The smallest absolute Gasteiger partial charge is 0.154 e. The van der Waals surface area contributed by atoms with E-state index in [0.717, 1.165) is 0 Å². The van der Waals surface area contributed by atoms with E-state index in [0.29, 0.717) is 4.47 Å². The van der Waals surface area contributed by atoms with Crippen LogP contribution < -0.4 is 11.1 Å². The van der Waals surface area contributed by atoms with Crippen LogP contribution in [0.4, 0.5) is 11.4 Å². The summed E-state index contributed by atoms with van der Waals surface area (Å²) in [5.74, 6) is 0. The first kappa shape index (κ1) is 5.22. The quantitative estimate of drug-likeness (QED) is 0.738. The summed E-state index contributed by atoms with van der Waals surface area (Å²) in [6.07, 6.45) is 1.38. The van der Waals surface area contributed by atoms with Crippen LogP contribution in [0, 0.1) is 0 Å². The summed E-state index contributed by atoms with van der Waals surface area (Å²) in [4.78, 5) is 3.74. The highest BCUT2D eigenvalue weighted by Crippen LogP contribution is 2.31. The van der Waals surface area contributed by atoms with Crippen LogP contribution in [0.3, 0.4) is 0 Å². The number of nitrogen functional groups attached to an aromatic ring is 1. The molecule has 0 aliphatic carbocycles. The van der Waals surface area contributed by atoms with Gasteiger partial charge in [0.2, 0.25) is 0 Å². The van der Waals surface area contributed by atoms with E-state index in [9.17, 15) is 0 Å². The zero-order chi connectivity index (χ0) is 10.9. The molecule has 0 bridgehead atoms. The number of nitrogens with zero attached hydrogens (tertiary/aromatic N) is 1. The first-order valence-electron chi connectivity index (χ1n) is 4.19. The zero-order valence-corrected chi connectivity index (χ0v) is 7.70. The topological polar surface area (TPSA) is 50.9 Å². The predicted octanol–water partition coefficient (Wildman–Crippen LogP) is 2.12. The summed E-state index contributed by atoms with van der Waals surface area (Å²) in [6.45, 7) is -2.32. The summed E-state index contributed by atoms with van der Waals surface area (Å²) in [7, 11) is 0. The van der Waals surface area contributed by atoms with Gasteiger partial charge in [-0.05, 0) is 15.9 Å². The Morgan fingerprint density at radius 2 is 2.64 bits per heavy atom. The number of anilines is 2. The Balaban J connectivity index is 3.13. The van der Waals surface area contributed by atoms with Crippen LogP contribution in [-0.2, 0) is 0 Å². The molecule has 1 aromatic rings. The first-order chi connectivity index (χ1) is 6.31. The van der Waals surface area contributed by atoms with Crippen LogP contribution in [-0.4, -0.2) is 12.0 Å². The van der Waals surface area contributed by atoms with Crippen molar-refractivity contribution < 1.29 is 4.11 Å². The summed E-state index contributed by atoms with van der Waals surface area (Å²) in [5, 5.41) is 2.33. The molecular weight excluding hydrogens is 229 g/mol. The van der Waals surface area contributed by atoms with Crippen molar-refractivity contribution in [3.8, 4) is 0 Å². The second-order valence-corrected chi connectivity index (χ2v) is 3.02. The third kappa shape index (κ3) is 1.57. The number of pyridine rings is 1. The van der Waals surface area contributed by atoms with Gasteiger partial charge in [-0.15, -0.1) is 0 Å². The van der Waals surface area contributed by atoms with E-state index in [4.69, 9.17) is 21.4 Å². The minimum Gasteiger partial charge on any atom is -0.395 e. The fourth-order valence-corrected chi connectivity index (χ4v) is 1.16. The Labute approximate surface area is 82.3 Å². The number of hydrogen-bond donors (Lipinski definition) is 2. The number of aromatic nitrogens is 1. The lowest BCUT2D eigenvalue weighted by Crippen LogP contribution is -1.98. The lowest BCUT2D eigenvalue weighted by molar-refractivity contribution is 1.30. The summed E-state index contributed by atoms with van der Waals surface area (Å²) < 4.78 is 21.5. The molecule has 3 N–H and O–H groups in total. The van der Waals surface area contributed by atoms with Gasteiger partial charge in [0.25, 0.3) is 0 Å². The molecule has 0 fully saturated rings. The molecule has 0 unspecified atom stereocenters. The molecular formula is C6H7BrClN3. The van der Waals surface area contributed by atoms with Crippen LogP contribution in [0.25, 0.3) is 0 Å². The molecule has 0 aliphatic rings. The van der Waals surface area contributed by atoms with Gasteiger partial charge < -0.3 is 11.1 Å². The zero-order valence-electron chi connectivity index (χ0n) is 8.36. The van der Waals surface area contributed by atoms with E-state index in [1.54, 1.807) is 0 Å². The van der Waals surface area contributed by atoms with Gasteiger partial charge in [0.05, 0.1) is 15.8 Å². The predicted molar refractivity (Wildman–Crippen MR) is 50.9 cm³/mol. The maximum absolute atomic E-state index is 7.02. The van der Waals surface area contributed by atoms with Crippen molar-refractivity contribution in [2.75, 3.05) is 18.0 Å². The first-order valence-corrected chi connectivity index (χ1v) is 3.86. The third-order valence-electron chi connectivity index (χ3n) is 1.15. The Morgan fingerprint density at radius 3 is 3.27 bits per heavy atom. The Hall–Kier alpha value is -0.480. The van der Waals surface area contributed by atoms with Gasteiger partial charge >= 0.3 is 0 Å². The van der Waals surface area contributed by atoms with Gasteiger partial charge in [-0.2, -0.15) is 0 Å². The summed E-state index contributed by atoms with van der Waals surface area (Å²) in [6, 6.07) is 0. The van der Waals surface area contributed by atoms with Crippen molar-refractivity contribution in [3.63, 3.8) is 0 Å². The van der Waals surface area contributed by atoms with Gasteiger partial charge in [0.1, 0.15) is 0 Å². The van der Waals surface area contributed by atoms with Gasteiger partial charge in [-0.3, -0.25) is 0 Å². The molecule has 1 heterocycles. The standard InChI is InChI=1S/C6H7BrClN3/c1-10-5-3(7)2-11-6(8)4(5)9/h2H,9H2,1H3,(H,10,11)/i1D3. The number of rotatable bonds is 1. The summed E-state index contributed by atoms with van der Waals surface area (Å²) >= 11 is 8.75. The normalized spacial score (nSPS) is 14.9. The van der Waals surface area contributed by atoms with Gasteiger partial charge in [0, 0.05) is 17.3 Å². The molecule has 1 aromatic heterocycles. The molecule has 0 spiro atoms. The molecule has 0 saturated heterocycles. The van der Waals surface area contributed by atoms with E-state index in [1.165, 1.54) is 6.20 Å². The molecule has 0 aliphatic heterocycles. The number of nitrogens with two attached hydrogens (primary N) is 1. The lowest BCUT2D eigenvalue weighted by atomic mass is 10.3. The lowest BCUT2D eigenvalue weighted by Gasteiger charge is -2.07. The van der Waals surface area contributed by atoms with E-state index in [1.807, 2.05) is 0 Å². The van der Waals surface area contributed by atoms with Crippen LogP contribution in [0.2, 0.25) is 5.15 Å². The monoisotopic (exact) mass is 238 g/mol. The molecule has 0 amide bonds. The highest BCUT2D eigenvalue weighted by atomic mass is 79.9. The minimum absolute atomic E-state index is 0.0694. The van der Waals surface area contributed by atoms with Crippen molar-refractivity contribution in [1.29, 1.82) is 0 Å². The van der Waals surface area contributed by atoms with Crippen LogP contribution in [0.1, 0.15) is 4.11 Å². The largest absolute Gasteiger partial charge is 0.395 e. The average Bonchev–Trinajstić information content (AvgIpc) is 2.04. The second-order valence-electron chi connectivity index (χ2n) is 1.81. The second kappa shape index (κ2) is 3.28. The number of nitrogens with one attached hydrogen (secondary N) is 1. The number of halogens is 2. The molecule has 0 atom stereocenters. The molecule has 5 heteroatoms. The number of hydrogen-bond acceptors (Lipinski definition) is 3. The highest BCUT2D eigenvalue weighted by Gasteiger charge is 2.06. The van der Waals surface area contributed by atoms with Crippen molar-refractivity contribution >= 4 is 38.9 Å². The fraction of sp³-hybridized carbons (Fsp3) is 0.167. The molecule has 1 rings (SSSR count). The van der Waals surface area contributed by atoms with Crippen molar-refractivity contribution in [3.05, 3.63) is 15.8 Å². The Kier molecular flexibility index (Phi) is 1.55. The highest BCUT2D eigenvalue weighted by molar-refractivity contribution is 9.10. The van der Waals surface area contributed by atoms with Crippen molar-refractivity contribution in [2.24, 2.45) is 0 Å². The third-order valence-corrected chi connectivity index (χ3v) is 2.05. The van der Waals surface area contributed by atoms with Crippen LogP contribution in [0.15, 0.2) is 10.7 Å². The molecule has 0 radical (unpaired) electrons. The SMILES string of the molecule is [2H]C([2H])([2H])Nc1c(Br)cnc(Cl)c1N. The molecule has 0 aromatic carbocycles. The molecule has 60 valence electrons. The van der Waals surface area contributed by atoms with Crippen molar-refractivity contribution in [2.45, 2.75) is 0 Å². The Bertz CT molecular complexity index is 355. The summed E-state index contributed by atoms with van der Waals surface area (Å²) in [5.41, 5.74) is 5.89. The van der Waals surface area contributed by atoms with Gasteiger partial charge in [-0.1, -0.05) is 11.6 Å². The van der Waals surface area contributed by atoms with Gasteiger partial charge in [-0.25, -0.2) is 4.98 Å². The molecule has 11 heavy (non-hydrogen) atoms. The van der Waals surface area contributed by atoms with Crippen LogP contribution in [0.5, 0.6) is 0 Å². The minimum atomic E-state index is -2.32.